The summed E-state index contributed by atoms with van der Waals surface area (Å²) >= 11 is 3.25. The van der Waals surface area contributed by atoms with Gasteiger partial charge in [-0.3, -0.25) is 5.11 Å². The van der Waals surface area contributed by atoms with E-state index >= 15 is 0 Å². The third-order valence-corrected chi connectivity index (χ3v) is 1.89. The standard InChI is InChI=1S/C9H10BrO2/c1-6(2)12-9-4-3-7(11)5-8(9)10/h3-6H,1-2H3. The molecular weight excluding hydrogens is 220 g/mol. The Labute approximate surface area is 80.3 Å². The molecule has 65 valence electrons. The van der Waals surface area contributed by atoms with Crippen LogP contribution >= 0.6 is 15.9 Å². The maximum absolute atomic E-state index is 10.8. The summed E-state index contributed by atoms with van der Waals surface area (Å²) in [5.41, 5.74) is 0. The van der Waals surface area contributed by atoms with E-state index in [4.69, 9.17) is 4.74 Å². The van der Waals surface area contributed by atoms with E-state index in [1.165, 1.54) is 12.1 Å². The van der Waals surface area contributed by atoms with E-state index in [0.717, 1.165) is 0 Å². The Hall–Kier alpha value is -0.700. The molecule has 0 saturated carbocycles. The molecule has 0 aliphatic carbocycles. The largest absolute Gasteiger partial charge is 0.490 e. The summed E-state index contributed by atoms with van der Waals surface area (Å²) in [6, 6.07) is 4.66. The number of hydrogen-bond acceptors (Lipinski definition) is 1. The second-order valence-electron chi connectivity index (χ2n) is 2.76. The minimum atomic E-state index is -0.0158. The van der Waals surface area contributed by atoms with Crippen LogP contribution in [0.15, 0.2) is 22.7 Å². The number of hydrogen-bond donors (Lipinski definition) is 0. The first-order valence-corrected chi connectivity index (χ1v) is 4.52. The Balaban J connectivity index is 2.86. The fourth-order valence-corrected chi connectivity index (χ4v) is 1.28. The average Bonchev–Trinajstić information content (AvgIpc) is 1.94. The smallest absolute Gasteiger partial charge is 0.180 e. The fourth-order valence-electron chi connectivity index (χ4n) is 0.831. The van der Waals surface area contributed by atoms with E-state index in [1.807, 2.05) is 13.8 Å². The predicted octanol–water partition coefficient (Wildman–Crippen LogP) is 3.38. The van der Waals surface area contributed by atoms with E-state index in [-0.39, 0.29) is 11.9 Å². The zero-order valence-electron chi connectivity index (χ0n) is 7.00. The summed E-state index contributed by atoms with van der Waals surface area (Å²) in [7, 11) is 0. The molecule has 0 aromatic heterocycles. The highest BCUT2D eigenvalue weighted by atomic mass is 79.9. The van der Waals surface area contributed by atoms with Gasteiger partial charge in [0.15, 0.2) is 5.75 Å². The van der Waals surface area contributed by atoms with Crippen LogP contribution in [0.1, 0.15) is 13.8 Å². The van der Waals surface area contributed by atoms with Gasteiger partial charge in [-0.05, 0) is 41.9 Å². The summed E-state index contributed by atoms with van der Waals surface area (Å²) in [4.78, 5) is 0. The van der Waals surface area contributed by atoms with Gasteiger partial charge in [0, 0.05) is 6.07 Å². The van der Waals surface area contributed by atoms with Crippen molar-refractivity contribution >= 4 is 15.9 Å². The molecule has 1 aromatic carbocycles. The summed E-state index contributed by atoms with van der Waals surface area (Å²) in [5.74, 6) is 0.697. The van der Waals surface area contributed by atoms with Gasteiger partial charge in [-0.25, -0.2) is 0 Å². The van der Waals surface area contributed by atoms with Gasteiger partial charge in [-0.15, -0.1) is 0 Å². The van der Waals surface area contributed by atoms with Crippen LogP contribution in [0.2, 0.25) is 0 Å². The summed E-state index contributed by atoms with van der Waals surface area (Å²) in [6.45, 7) is 3.88. The van der Waals surface area contributed by atoms with Crippen molar-refractivity contribution < 1.29 is 9.84 Å². The first-order valence-electron chi connectivity index (χ1n) is 3.73. The Bertz CT molecular complexity index is 271. The van der Waals surface area contributed by atoms with Crippen LogP contribution in [-0.2, 0) is 5.11 Å². The number of ether oxygens (including phenoxy) is 1. The Morgan fingerprint density at radius 1 is 1.42 bits per heavy atom. The van der Waals surface area contributed by atoms with Crippen LogP contribution in [0, 0.1) is 0 Å². The lowest BCUT2D eigenvalue weighted by molar-refractivity contribution is 0.240. The molecule has 2 nitrogen and oxygen atoms in total. The molecule has 0 bridgehead atoms. The van der Waals surface area contributed by atoms with Crippen LogP contribution in [0.25, 0.3) is 0 Å². The van der Waals surface area contributed by atoms with Crippen LogP contribution in [-0.4, -0.2) is 6.10 Å². The van der Waals surface area contributed by atoms with Crippen molar-refractivity contribution in [2.75, 3.05) is 0 Å². The molecule has 3 heteroatoms. The highest BCUT2D eigenvalue weighted by Crippen LogP contribution is 2.29. The van der Waals surface area contributed by atoms with Crippen LogP contribution in [0.5, 0.6) is 11.5 Å². The van der Waals surface area contributed by atoms with Crippen molar-refractivity contribution in [1.82, 2.24) is 0 Å². The van der Waals surface area contributed by atoms with Crippen LogP contribution in [0.3, 0.4) is 0 Å². The normalized spacial score (nSPS) is 10.3. The van der Waals surface area contributed by atoms with Crippen molar-refractivity contribution in [2.24, 2.45) is 0 Å². The molecule has 0 heterocycles. The second-order valence-corrected chi connectivity index (χ2v) is 3.61. The zero-order chi connectivity index (χ0) is 9.14. The fraction of sp³-hybridized carbons (Fsp3) is 0.333. The molecule has 0 fully saturated rings. The monoisotopic (exact) mass is 229 g/mol. The third-order valence-electron chi connectivity index (χ3n) is 1.27. The van der Waals surface area contributed by atoms with Gasteiger partial charge >= 0.3 is 0 Å². The first-order chi connectivity index (χ1) is 5.59. The molecule has 1 rings (SSSR count). The topological polar surface area (TPSA) is 29.1 Å². The minimum absolute atomic E-state index is 0.0158. The van der Waals surface area contributed by atoms with E-state index in [9.17, 15) is 5.11 Å². The summed E-state index contributed by atoms with van der Waals surface area (Å²) in [5, 5.41) is 10.8. The molecule has 0 aliphatic heterocycles. The maximum atomic E-state index is 10.8. The SMILES string of the molecule is CC(C)Oc1ccc([O])cc1Br. The predicted molar refractivity (Wildman–Crippen MR) is 50.0 cm³/mol. The zero-order valence-corrected chi connectivity index (χ0v) is 8.59. The van der Waals surface area contributed by atoms with Crippen molar-refractivity contribution in [3.63, 3.8) is 0 Å². The van der Waals surface area contributed by atoms with Gasteiger partial charge in [0.2, 0.25) is 0 Å². The van der Waals surface area contributed by atoms with Gasteiger partial charge < -0.3 is 4.74 Å². The molecule has 0 aliphatic rings. The lowest BCUT2D eigenvalue weighted by Crippen LogP contribution is -2.05. The third kappa shape index (κ3) is 2.41. The maximum Gasteiger partial charge on any atom is 0.180 e. The molecule has 0 N–H and O–H groups in total. The van der Waals surface area contributed by atoms with Crippen molar-refractivity contribution in [3.8, 4) is 11.5 Å². The van der Waals surface area contributed by atoms with Gasteiger partial charge in [0.25, 0.3) is 0 Å². The Morgan fingerprint density at radius 3 is 2.58 bits per heavy atom. The van der Waals surface area contributed by atoms with Gasteiger partial charge in [0.05, 0.1) is 10.6 Å². The molecule has 1 radical (unpaired) electrons. The van der Waals surface area contributed by atoms with Crippen molar-refractivity contribution in [3.05, 3.63) is 22.7 Å². The molecule has 0 saturated heterocycles. The van der Waals surface area contributed by atoms with E-state index < -0.39 is 0 Å². The molecule has 0 spiro atoms. The highest BCUT2D eigenvalue weighted by Gasteiger charge is 2.04. The van der Waals surface area contributed by atoms with Crippen molar-refractivity contribution in [2.45, 2.75) is 20.0 Å². The number of halogens is 1. The molecule has 0 amide bonds. The first kappa shape index (κ1) is 9.39. The summed E-state index contributed by atoms with van der Waals surface area (Å²) in [6.07, 6.45) is 0.124. The minimum Gasteiger partial charge on any atom is -0.490 e. The quantitative estimate of drug-likeness (QED) is 0.765. The highest BCUT2D eigenvalue weighted by molar-refractivity contribution is 9.10. The number of benzene rings is 1. The molecule has 12 heavy (non-hydrogen) atoms. The van der Waals surface area contributed by atoms with E-state index in [2.05, 4.69) is 15.9 Å². The molecule has 1 aromatic rings. The lowest BCUT2D eigenvalue weighted by Gasteiger charge is -2.10. The molecule has 0 unspecified atom stereocenters. The lowest BCUT2D eigenvalue weighted by atomic mass is 10.3. The van der Waals surface area contributed by atoms with E-state index in [1.54, 1.807) is 6.07 Å². The van der Waals surface area contributed by atoms with Crippen LogP contribution in [0.4, 0.5) is 0 Å². The molecule has 0 atom stereocenters. The average molecular weight is 230 g/mol. The van der Waals surface area contributed by atoms with Gasteiger partial charge in [0.1, 0.15) is 5.75 Å². The van der Waals surface area contributed by atoms with Crippen LogP contribution < -0.4 is 4.74 Å². The van der Waals surface area contributed by atoms with Gasteiger partial charge in [-0.2, -0.15) is 0 Å². The Morgan fingerprint density at radius 2 is 2.08 bits per heavy atom. The van der Waals surface area contributed by atoms with E-state index in [0.29, 0.717) is 10.2 Å². The van der Waals surface area contributed by atoms with Gasteiger partial charge in [-0.1, -0.05) is 0 Å². The van der Waals surface area contributed by atoms with Crippen molar-refractivity contribution in [1.29, 1.82) is 0 Å². The summed E-state index contributed by atoms with van der Waals surface area (Å²) < 4.78 is 6.13. The second kappa shape index (κ2) is 3.81. The molecular formula is C9H10BrO2. The Kier molecular flexibility index (Phi) is 2.98. The number of rotatable bonds is 2.